The average molecular weight is 313 g/mol. The minimum atomic E-state index is -0.944. The van der Waals surface area contributed by atoms with Crippen LogP contribution in [0.15, 0.2) is 6.20 Å². The molecule has 21 heavy (non-hydrogen) atoms. The number of rotatable bonds is 4. The van der Waals surface area contributed by atoms with E-state index in [9.17, 15) is 9.59 Å². The van der Waals surface area contributed by atoms with Gasteiger partial charge in [0.05, 0.1) is 25.3 Å². The number of urea groups is 1. The number of carboxylic acids is 1. The summed E-state index contributed by atoms with van der Waals surface area (Å²) in [5.41, 5.74) is 0. The lowest BCUT2D eigenvalue weighted by Gasteiger charge is -2.27. The van der Waals surface area contributed by atoms with E-state index >= 15 is 0 Å². The molecular formula is C13H19N3O4S. The molecule has 1 aliphatic rings. The third-order valence-electron chi connectivity index (χ3n) is 3.54. The molecule has 1 aliphatic heterocycles. The lowest BCUT2D eigenvalue weighted by atomic mass is 10.0. The van der Waals surface area contributed by atoms with Crippen LogP contribution < -0.4 is 5.32 Å². The van der Waals surface area contributed by atoms with E-state index in [2.05, 4.69) is 10.3 Å². The first-order chi connectivity index (χ1) is 9.90. The summed E-state index contributed by atoms with van der Waals surface area (Å²) in [4.78, 5) is 30.1. The predicted octanol–water partition coefficient (Wildman–Crippen LogP) is 1.25. The van der Waals surface area contributed by atoms with Gasteiger partial charge < -0.3 is 20.1 Å². The third-order valence-corrected chi connectivity index (χ3v) is 4.63. The first-order valence-electron chi connectivity index (χ1n) is 6.66. The smallest absolute Gasteiger partial charge is 0.318 e. The van der Waals surface area contributed by atoms with Gasteiger partial charge in [-0.2, -0.15) is 0 Å². The van der Waals surface area contributed by atoms with Crippen molar-refractivity contribution in [1.29, 1.82) is 0 Å². The summed E-state index contributed by atoms with van der Waals surface area (Å²) in [6.07, 6.45) is 1.76. The molecule has 1 aromatic rings. The van der Waals surface area contributed by atoms with Crippen LogP contribution >= 0.6 is 11.3 Å². The number of nitrogens with zero attached hydrogens (tertiary/aromatic N) is 2. The van der Waals surface area contributed by atoms with Gasteiger partial charge in [0.2, 0.25) is 0 Å². The van der Waals surface area contributed by atoms with Crippen molar-refractivity contribution in [3.05, 3.63) is 16.1 Å². The zero-order valence-electron chi connectivity index (χ0n) is 12.2. The van der Waals surface area contributed by atoms with Gasteiger partial charge in [-0.05, 0) is 13.8 Å². The van der Waals surface area contributed by atoms with Crippen molar-refractivity contribution < 1.29 is 19.4 Å². The number of amides is 2. The maximum absolute atomic E-state index is 12.2. The van der Waals surface area contributed by atoms with Gasteiger partial charge >= 0.3 is 12.0 Å². The van der Waals surface area contributed by atoms with Crippen molar-refractivity contribution in [2.45, 2.75) is 25.9 Å². The SMILES string of the molecule is Cc1cnc(C(C)NC(=O)N(C)C2COCC2C(=O)O)s1. The maximum Gasteiger partial charge on any atom is 0.318 e. The summed E-state index contributed by atoms with van der Waals surface area (Å²) >= 11 is 1.52. The summed E-state index contributed by atoms with van der Waals surface area (Å²) < 4.78 is 5.18. The Kier molecular flexibility index (Phi) is 4.79. The fraction of sp³-hybridized carbons (Fsp3) is 0.615. The fourth-order valence-corrected chi connectivity index (χ4v) is 3.01. The Balaban J connectivity index is 1.97. The van der Waals surface area contributed by atoms with Crippen molar-refractivity contribution in [2.75, 3.05) is 20.3 Å². The normalized spacial score (nSPS) is 22.8. The number of aryl methyl sites for hydroxylation is 1. The number of carbonyl (C=O) groups excluding carboxylic acids is 1. The number of likely N-dealkylation sites (N-methyl/N-ethyl adjacent to an activating group) is 1. The summed E-state index contributed by atoms with van der Waals surface area (Å²) in [6, 6.07) is -0.992. The highest BCUT2D eigenvalue weighted by atomic mass is 32.1. The van der Waals surface area contributed by atoms with E-state index in [1.54, 1.807) is 13.2 Å². The molecule has 0 saturated carbocycles. The Morgan fingerprint density at radius 3 is 2.86 bits per heavy atom. The molecule has 1 saturated heterocycles. The van der Waals surface area contributed by atoms with Crippen molar-refractivity contribution >= 4 is 23.3 Å². The lowest BCUT2D eigenvalue weighted by Crippen LogP contribution is -2.48. The zero-order chi connectivity index (χ0) is 15.6. The Hall–Kier alpha value is -1.67. The standard InChI is InChI=1S/C13H19N3O4S/c1-7-4-14-11(21-7)8(2)15-13(19)16(3)10-6-20-5-9(10)12(17)18/h4,8-10H,5-6H2,1-3H3,(H,15,19)(H,17,18). The van der Waals surface area contributed by atoms with E-state index in [0.29, 0.717) is 0 Å². The van der Waals surface area contributed by atoms with Gasteiger partial charge in [0, 0.05) is 18.1 Å². The molecule has 0 spiro atoms. The van der Waals surface area contributed by atoms with Crippen LogP contribution in [-0.2, 0) is 9.53 Å². The summed E-state index contributed by atoms with van der Waals surface area (Å²) in [6.45, 7) is 4.18. The predicted molar refractivity (Wildman–Crippen MR) is 77.3 cm³/mol. The molecule has 2 rings (SSSR count). The van der Waals surface area contributed by atoms with Crippen LogP contribution in [0.1, 0.15) is 22.9 Å². The highest BCUT2D eigenvalue weighted by Gasteiger charge is 2.38. The van der Waals surface area contributed by atoms with E-state index < -0.39 is 17.9 Å². The number of ether oxygens (including phenoxy) is 1. The molecule has 3 atom stereocenters. The maximum atomic E-state index is 12.2. The fourth-order valence-electron chi connectivity index (χ4n) is 2.23. The van der Waals surface area contributed by atoms with Gasteiger partial charge in [0.1, 0.15) is 10.9 Å². The number of thiazole rings is 1. The van der Waals surface area contributed by atoms with Crippen LogP contribution in [0.5, 0.6) is 0 Å². The molecule has 3 unspecified atom stereocenters. The van der Waals surface area contributed by atoms with Crippen molar-refractivity contribution in [1.82, 2.24) is 15.2 Å². The van der Waals surface area contributed by atoms with Crippen LogP contribution in [0.3, 0.4) is 0 Å². The largest absolute Gasteiger partial charge is 0.481 e. The zero-order valence-corrected chi connectivity index (χ0v) is 13.0. The van der Waals surface area contributed by atoms with Crippen LogP contribution in [-0.4, -0.2) is 53.3 Å². The van der Waals surface area contributed by atoms with Crippen LogP contribution in [0.25, 0.3) is 0 Å². The third kappa shape index (κ3) is 3.51. The molecule has 0 aromatic carbocycles. The van der Waals surface area contributed by atoms with Crippen LogP contribution in [0, 0.1) is 12.8 Å². The second-order valence-corrected chi connectivity index (χ2v) is 6.41. The van der Waals surface area contributed by atoms with Crippen molar-refractivity contribution in [3.63, 3.8) is 0 Å². The molecular weight excluding hydrogens is 294 g/mol. The monoisotopic (exact) mass is 313 g/mol. The van der Waals surface area contributed by atoms with Gasteiger partial charge in [-0.15, -0.1) is 11.3 Å². The van der Waals surface area contributed by atoms with Crippen molar-refractivity contribution in [3.8, 4) is 0 Å². The molecule has 1 fully saturated rings. The number of carbonyl (C=O) groups is 2. The summed E-state index contributed by atoms with van der Waals surface area (Å²) in [7, 11) is 1.59. The van der Waals surface area contributed by atoms with Gasteiger partial charge in [-0.25, -0.2) is 9.78 Å². The highest BCUT2D eigenvalue weighted by Crippen LogP contribution is 2.21. The average Bonchev–Trinajstić information content (AvgIpc) is 3.05. The second-order valence-electron chi connectivity index (χ2n) is 5.14. The van der Waals surface area contributed by atoms with Gasteiger partial charge in [-0.1, -0.05) is 0 Å². The van der Waals surface area contributed by atoms with E-state index in [4.69, 9.17) is 9.84 Å². The first-order valence-corrected chi connectivity index (χ1v) is 7.48. The Morgan fingerprint density at radius 2 is 2.29 bits per heavy atom. The second kappa shape index (κ2) is 6.40. The molecule has 2 amide bonds. The Bertz CT molecular complexity index is 533. The molecule has 7 nitrogen and oxygen atoms in total. The Labute approximate surface area is 126 Å². The van der Waals surface area contributed by atoms with Crippen LogP contribution in [0.2, 0.25) is 0 Å². The number of hydrogen-bond acceptors (Lipinski definition) is 5. The minimum Gasteiger partial charge on any atom is -0.481 e. The Morgan fingerprint density at radius 1 is 1.57 bits per heavy atom. The topological polar surface area (TPSA) is 91.8 Å². The molecule has 2 N–H and O–H groups in total. The van der Waals surface area contributed by atoms with E-state index in [0.717, 1.165) is 9.88 Å². The van der Waals surface area contributed by atoms with E-state index in [1.165, 1.54) is 16.2 Å². The van der Waals surface area contributed by atoms with Crippen molar-refractivity contribution in [2.24, 2.45) is 5.92 Å². The lowest BCUT2D eigenvalue weighted by molar-refractivity contribution is -0.142. The van der Waals surface area contributed by atoms with E-state index in [-0.39, 0.29) is 25.3 Å². The van der Waals surface area contributed by atoms with Gasteiger partial charge in [-0.3, -0.25) is 4.79 Å². The molecule has 8 heteroatoms. The van der Waals surface area contributed by atoms with Crippen LogP contribution in [0.4, 0.5) is 4.79 Å². The quantitative estimate of drug-likeness (QED) is 0.873. The number of aromatic nitrogens is 1. The minimum absolute atomic E-state index is 0.138. The highest BCUT2D eigenvalue weighted by molar-refractivity contribution is 7.11. The summed E-state index contributed by atoms with van der Waals surface area (Å²) in [5.74, 6) is -1.63. The molecule has 0 radical (unpaired) electrons. The number of carboxylic acid groups (broad SMARTS) is 1. The molecule has 0 bridgehead atoms. The molecule has 0 aliphatic carbocycles. The molecule has 2 heterocycles. The van der Waals surface area contributed by atoms with Gasteiger partial charge in [0.25, 0.3) is 0 Å². The number of hydrogen-bond donors (Lipinski definition) is 2. The van der Waals surface area contributed by atoms with Gasteiger partial charge in [0.15, 0.2) is 0 Å². The number of nitrogens with one attached hydrogen (secondary N) is 1. The molecule has 1 aromatic heterocycles. The van der Waals surface area contributed by atoms with E-state index in [1.807, 2.05) is 13.8 Å². The summed E-state index contributed by atoms with van der Waals surface area (Å²) in [5, 5.41) is 12.8. The first kappa shape index (κ1) is 15.7. The number of aliphatic carboxylic acids is 1. The molecule has 116 valence electrons.